The maximum atomic E-state index is 12.9. The van der Waals surface area contributed by atoms with E-state index in [1.807, 2.05) is 0 Å². The Bertz CT molecular complexity index is 996. The molecular weight excluding hydrogens is 378 g/mol. The van der Waals surface area contributed by atoms with Gasteiger partial charge in [0.25, 0.3) is 0 Å². The topological polar surface area (TPSA) is 56.3 Å². The van der Waals surface area contributed by atoms with Crippen LogP contribution in [0.15, 0.2) is 66.9 Å². The average molecular weight is 389 g/mol. The number of carbonyl (C=O) groups excluding carboxylic acids is 2. The van der Waals surface area contributed by atoms with E-state index < -0.39 is 23.7 Å². The summed E-state index contributed by atoms with van der Waals surface area (Å²) in [6.07, 6.45) is -3.83. The minimum absolute atomic E-state index is 0.0977. The van der Waals surface area contributed by atoms with E-state index in [1.165, 1.54) is 48.5 Å². The van der Waals surface area contributed by atoms with Crippen LogP contribution in [0, 0.1) is 5.82 Å². The lowest BCUT2D eigenvalue weighted by Crippen LogP contribution is -2.12. The number of hydrogen-bond acceptors (Lipinski definition) is 4. The lowest BCUT2D eigenvalue weighted by molar-refractivity contribution is -0.141. The van der Waals surface area contributed by atoms with Crippen LogP contribution in [0.4, 0.5) is 17.6 Å². The van der Waals surface area contributed by atoms with E-state index in [0.29, 0.717) is 17.2 Å². The molecule has 142 valence electrons. The van der Waals surface area contributed by atoms with Crippen molar-refractivity contribution < 1.29 is 31.9 Å². The molecule has 0 spiro atoms. The molecule has 3 rings (SSSR count). The molecule has 0 fully saturated rings. The number of alkyl halides is 3. The molecule has 0 saturated heterocycles. The molecular formula is C20H11F4NO3. The number of aromatic nitrogens is 1. The van der Waals surface area contributed by atoms with Crippen molar-refractivity contribution in [3.8, 4) is 5.75 Å². The Hall–Kier alpha value is -3.55. The van der Waals surface area contributed by atoms with Crippen LogP contribution in [0.3, 0.4) is 0 Å². The molecule has 8 heteroatoms. The van der Waals surface area contributed by atoms with Gasteiger partial charge in [-0.1, -0.05) is 0 Å². The van der Waals surface area contributed by atoms with Crippen molar-refractivity contribution in [2.24, 2.45) is 0 Å². The first kappa shape index (κ1) is 19.2. The lowest BCUT2D eigenvalue weighted by atomic mass is 10.0. The number of hydrogen-bond donors (Lipinski definition) is 0. The normalized spacial score (nSPS) is 11.1. The third kappa shape index (κ3) is 4.40. The van der Waals surface area contributed by atoms with Crippen LogP contribution in [0.5, 0.6) is 5.75 Å². The van der Waals surface area contributed by atoms with E-state index in [1.54, 1.807) is 0 Å². The molecule has 28 heavy (non-hydrogen) atoms. The second kappa shape index (κ2) is 7.59. The number of ether oxygens (including phenoxy) is 1. The molecule has 1 heterocycles. The molecule has 0 aliphatic rings. The molecule has 0 aliphatic carbocycles. The van der Waals surface area contributed by atoms with E-state index in [9.17, 15) is 27.2 Å². The number of ketones is 1. The summed E-state index contributed by atoms with van der Waals surface area (Å²) in [6.45, 7) is 0. The smallest absolute Gasteiger partial charge is 0.423 e. The van der Waals surface area contributed by atoms with Gasteiger partial charge >= 0.3 is 12.1 Å². The van der Waals surface area contributed by atoms with Gasteiger partial charge in [0.05, 0.1) is 5.56 Å². The predicted molar refractivity (Wildman–Crippen MR) is 90.5 cm³/mol. The van der Waals surface area contributed by atoms with Gasteiger partial charge in [-0.15, -0.1) is 0 Å². The van der Waals surface area contributed by atoms with Gasteiger partial charge in [0.15, 0.2) is 5.78 Å². The van der Waals surface area contributed by atoms with Gasteiger partial charge in [0, 0.05) is 17.3 Å². The SMILES string of the molecule is O=C(Oc1ccc(C(=O)c2ccc(F)cc2)cc1)c1ccc(C(F)(F)F)nc1. The molecule has 0 aliphatic heterocycles. The Morgan fingerprint density at radius 2 is 1.32 bits per heavy atom. The average Bonchev–Trinajstić information content (AvgIpc) is 2.68. The first-order valence-electron chi connectivity index (χ1n) is 7.90. The molecule has 0 saturated carbocycles. The second-order valence-electron chi connectivity index (χ2n) is 5.68. The van der Waals surface area contributed by atoms with Gasteiger partial charge < -0.3 is 4.74 Å². The summed E-state index contributed by atoms with van der Waals surface area (Å²) in [5.41, 5.74) is -0.684. The van der Waals surface area contributed by atoms with Crippen LogP contribution in [0.1, 0.15) is 32.0 Å². The predicted octanol–water partition coefficient (Wildman–Crippen LogP) is 4.69. The second-order valence-corrected chi connectivity index (χ2v) is 5.68. The zero-order valence-corrected chi connectivity index (χ0v) is 14.0. The van der Waals surface area contributed by atoms with Gasteiger partial charge in [-0.25, -0.2) is 9.18 Å². The lowest BCUT2D eigenvalue weighted by Gasteiger charge is -2.07. The molecule has 4 nitrogen and oxygen atoms in total. The van der Waals surface area contributed by atoms with Gasteiger partial charge in [-0.2, -0.15) is 13.2 Å². The van der Waals surface area contributed by atoms with Crippen LogP contribution >= 0.6 is 0 Å². The number of pyridine rings is 1. The van der Waals surface area contributed by atoms with Crippen molar-refractivity contribution in [1.29, 1.82) is 0 Å². The quantitative estimate of drug-likeness (QED) is 0.281. The zero-order valence-electron chi connectivity index (χ0n) is 14.0. The number of halogens is 4. The Morgan fingerprint density at radius 1 is 0.786 bits per heavy atom. The summed E-state index contributed by atoms with van der Waals surface area (Å²) in [5, 5.41) is 0. The molecule has 0 radical (unpaired) electrons. The maximum absolute atomic E-state index is 12.9. The zero-order chi connectivity index (χ0) is 20.3. The minimum atomic E-state index is -4.60. The van der Waals surface area contributed by atoms with E-state index in [4.69, 9.17) is 4.74 Å². The fourth-order valence-electron chi connectivity index (χ4n) is 2.29. The van der Waals surface area contributed by atoms with Crippen molar-refractivity contribution >= 4 is 11.8 Å². The summed E-state index contributed by atoms with van der Waals surface area (Å²) < 4.78 is 55.5. The number of rotatable bonds is 4. The van der Waals surface area contributed by atoms with Crippen LogP contribution in [-0.2, 0) is 6.18 Å². The van der Waals surface area contributed by atoms with E-state index in [2.05, 4.69) is 4.98 Å². The summed E-state index contributed by atoms with van der Waals surface area (Å²) in [7, 11) is 0. The molecule has 0 amide bonds. The van der Waals surface area contributed by atoms with Crippen molar-refractivity contribution in [2.75, 3.05) is 0 Å². The molecule has 0 atom stereocenters. The highest BCUT2D eigenvalue weighted by molar-refractivity contribution is 6.09. The molecule has 0 N–H and O–H groups in total. The summed E-state index contributed by atoms with van der Waals surface area (Å²) in [4.78, 5) is 27.5. The summed E-state index contributed by atoms with van der Waals surface area (Å²) in [5.74, 6) is -1.60. The first-order valence-corrected chi connectivity index (χ1v) is 7.90. The summed E-state index contributed by atoms with van der Waals surface area (Å²) >= 11 is 0. The number of esters is 1. The maximum Gasteiger partial charge on any atom is 0.433 e. The monoisotopic (exact) mass is 389 g/mol. The molecule has 0 bridgehead atoms. The molecule has 3 aromatic rings. The molecule has 1 aromatic heterocycles. The Morgan fingerprint density at radius 3 is 1.82 bits per heavy atom. The van der Waals surface area contributed by atoms with E-state index >= 15 is 0 Å². The largest absolute Gasteiger partial charge is 0.433 e. The summed E-state index contributed by atoms with van der Waals surface area (Å²) in [6, 6.07) is 12.2. The van der Waals surface area contributed by atoms with E-state index in [0.717, 1.165) is 12.3 Å². The highest BCUT2D eigenvalue weighted by Crippen LogP contribution is 2.27. The van der Waals surface area contributed by atoms with Crippen molar-refractivity contribution in [3.63, 3.8) is 0 Å². The van der Waals surface area contributed by atoms with Crippen LogP contribution in [-0.4, -0.2) is 16.7 Å². The fourth-order valence-corrected chi connectivity index (χ4v) is 2.29. The Labute approximate surface area is 156 Å². The van der Waals surface area contributed by atoms with Crippen LogP contribution in [0.2, 0.25) is 0 Å². The van der Waals surface area contributed by atoms with Crippen molar-refractivity contribution in [2.45, 2.75) is 6.18 Å². The highest BCUT2D eigenvalue weighted by Gasteiger charge is 2.32. The Balaban J connectivity index is 1.69. The third-order valence-corrected chi connectivity index (χ3v) is 3.72. The molecule has 2 aromatic carbocycles. The van der Waals surface area contributed by atoms with Crippen molar-refractivity contribution in [3.05, 3.63) is 95.1 Å². The first-order chi connectivity index (χ1) is 13.2. The number of benzene rings is 2. The van der Waals surface area contributed by atoms with Gasteiger partial charge in [-0.3, -0.25) is 9.78 Å². The number of nitrogens with zero attached hydrogens (tertiary/aromatic N) is 1. The molecule has 0 unspecified atom stereocenters. The standard InChI is InChI=1S/C20H11F4NO3/c21-15-6-1-12(2-7-15)18(26)13-3-8-16(9-4-13)28-19(27)14-5-10-17(25-11-14)20(22,23)24/h1-11H. The van der Waals surface area contributed by atoms with Crippen LogP contribution < -0.4 is 4.74 Å². The highest BCUT2D eigenvalue weighted by atomic mass is 19.4. The minimum Gasteiger partial charge on any atom is -0.423 e. The Kier molecular flexibility index (Phi) is 5.21. The van der Waals surface area contributed by atoms with Crippen LogP contribution in [0.25, 0.3) is 0 Å². The van der Waals surface area contributed by atoms with Gasteiger partial charge in [-0.05, 0) is 60.7 Å². The number of carbonyl (C=O) groups is 2. The van der Waals surface area contributed by atoms with E-state index in [-0.39, 0.29) is 17.1 Å². The van der Waals surface area contributed by atoms with Gasteiger partial charge in [0.1, 0.15) is 17.3 Å². The van der Waals surface area contributed by atoms with Crippen molar-refractivity contribution in [1.82, 2.24) is 4.98 Å². The van der Waals surface area contributed by atoms with Gasteiger partial charge in [0.2, 0.25) is 0 Å². The third-order valence-electron chi connectivity index (χ3n) is 3.72. The fraction of sp³-hybridized carbons (Fsp3) is 0.0500.